The van der Waals surface area contributed by atoms with Crippen molar-refractivity contribution in [3.63, 3.8) is 0 Å². The Bertz CT molecular complexity index is 698. The Balaban J connectivity index is 2.14. The van der Waals surface area contributed by atoms with Gasteiger partial charge in [0.25, 0.3) is 5.91 Å². The number of nitrogens with zero attached hydrogens (tertiary/aromatic N) is 2. The molecule has 7 nitrogen and oxygen atoms in total. The number of benzene rings is 1. The molecule has 1 aromatic carbocycles. The number of amides is 1. The van der Waals surface area contributed by atoms with Crippen LogP contribution < -0.4 is 10.1 Å². The molecule has 1 amide bonds. The largest absolute Gasteiger partial charge is 0.476 e. The zero-order valence-corrected chi connectivity index (χ0v) is 11.3. The molecular weight excluding hydrogens is 300 g/mol. The average Bonchev–Trinajstić information content (AvgIpc) is 2.79. The zero-order valence-electron chi connectivity index (χ0n) is 11.3. The molecule has 0 aliphatic heterocycles. The van der Waals surface area contributed by atoms with E-state index in [4.69, 9.17) is 5.11 Å². The van der Waals surface area contributed by atoms with Gasteiger partial charge in [-0.15, -0.1) is 0 Å². The summed E-state index contributed by atoms with van der Waals surface area (Å²) in [5.41, 5.74) is 0.0146. The van der Waals surface area contributed by atoms with E-state index in [0.29, 0.717) is 0 Å². The van der Waals surface area contributed by atoms with E-state index in [0.717, 1.165) is 4.68 Å². The number of hydrogen-bond acceptors (Lipinski definition) is 4. The highest BCUT2D eigenvalue weighted by Crippen LogP contribution is 2.18. The van der Waals surface area contributed by atoms with Crippen LogP contribution in [0.1, 0.15) is 20.8 Å². The second kappa shape index (κ2) is 6.20. The predicted molar refractivity (Wildman–Crippen MR) is 71.2 cm³/mol. The van der Waals surface area contributed by atoms with Crippen LogP contribution >= 0.6 is 0 Å². The van der Waals surface area contributed by atoms with E-state index in [9.17, 15) is 18.4 Å². The van der Waals surface area contributed by atoms with Gasteiger partial charge in [-0.2, -0.15) is 13.9 Å². The van der Waals surface area contributed by atoms with Crippen LogP contribution in [0.4, 0.5) is 14.5 Å². The molecule has 2 rings (SSSR count). The minimum atomic E-state index is -2.95. The van der Waals surface area contributed by atoms with Crippen molar-refractivity contribution in [3.05, 3.63) is 41.7 Å². The van der Waals surface area contributed by atoms with Gasteiger partial charge >= 0.3 is 12.6 Å². The molecule has 0 unspecified atom stereocenters. The highest BCUT2D eigenvalue weighted by molar-refractivity contribution is 6.07. The molecule has 22 heavy (non-hydrogen) atoms. The van der Waals surface area contributed by atoms with Gasteiger partial charge in [0.15, 0.2) is 5.69 Å². The lowest BCUT2D eigenvalue weighted by Gasteiger charge is -2.07. The smallest absolute Gasteiger partial charge is 0.387 e. The van der Waals surface area contributed by atoms with E-state index in [1.165, 1.54) is 37.5 Å². The monoisotopic (exact) mass is 311 g/mol. The number of aromatic nitrogens is 2. The topological polar surface area (TPSA) is 93.5 Å². The number of hydrogen-bond donors (Lipinski definition) is 2. The first-order valence-corrected chi connectivity index (χ1v) is 6.00. The maximum absolute atomic E-state index is 12.0. The summed E-state index contributed by atoms with van der Waals surface area (Å²) < 4.78 is 29.3. The summed E-state index contributed by atoms with van der Waals surface area (Å²) in [4.78, 5) is 23.1. The summed E-state index contributed by atoms with van der Waals surface area (Å²) in [7, 11) is 1.43. The Hall–Kier alpha value is -2.97. The van der Waals surface area contributed by atoms with Crippen molar-refractivity contribution in [1.82, 2.24) is 9.78 Å². The Morgan fingerprint density at radius 3 is 2.50 bits per heavy atom. The summed E-state index contributed by atoms with van der Waals surface area (Å²) in [6.45, 7) is -2.95. The molecule has 0 spiro atoms. The Morgan fingerprint density at radius 1 is 1.32 bits per heavy atom. The molecule has 9 heteroatoms. The third-order valence-corrected chi connectivity index (χ3v) is 2.73. The fourth-order valence-electron chi connectivity index (χ4n) is 1.76. The lowest BCUT2D eigenvalue weighted by Crippen LogP contribution is -2.15. The fraction of sp³-hybridized carbons (Fsp3) is 0.154. The quantitative estimate of drug-likeness (QED) is 0.880. The van der Waals surface area contributed by atoms with Crippen LogP contribution in [0.2, 0.25) is 0 Å². The predicted octanol–water partition coefficient (Wildman–Crippen LogP) is 1.97. The standard InChI is InChI=1S/C13H11F2N3O4/c1-18-10(12(20)21)9(6-16-18)17-11(19)7-2-4-8(5-3-7)22-13(14)15/h2-6,13H,1H3,(H,17,19)(H,20,21). The molecule has 0 aliphatic carbocycles. The van der Waals surface area contributed by atoms with Crippen LogP contribution in [0.3, 0.4) is 0 Å². The lowest BCUT2D eigenvalue weighted by molar-refractivity contribution is -0.0498. The van der Waals surface area contributed by atoms with Crippen molar-refractivity contribution < 1.29 is 28.2 Å². The summed E-state index contributed by atoms with van der Waals surface area (Å²) in [6.07, 6.45) is 1.20. The van der Waals surface area contributed by atoms with Crippen molar-refractivity contribution in [1.29, 1.82) is 0 Å². The normalized spacial score (nSPS) is 10.5. The average molecular weight is 311 g/mol. The summed E-state index contributed by atoms with van der Waals surface area (Å²) in [5, 5.41) is 15.2. The third kappa shape index (κ3) is 3.37. The van der Waals surface area contributed by atoms with Crippen LogP contribution in [0.15, 0.2) is 30.5 Å². The summed E-state index contributed by atoms with van der Waals surface area (Å²) in [5.74, 6) is -1.92. The molecule has 0 bridgehead atoms. The van der Waals surface area contributed by atoms with Gasteiger partial charge < -0.3 is 15.2 Å². The summed E-state index contributed by atoms with van der Waals surface area (Å²) >= 11 is 0. The van der Waals surface area contributed by atoms with E-state index in [2.05, 4.69) is 15.2 Å². The summed E-state index contributed by atoms with van der Waals surface area (Å²) in [6, 6.07) is 4.98. The van der Waals surface area contributed by atoms with E-state index in [1.54, 1.807) is 0 Å². The molecule has 2 aromatic rings. The maximum Gasteiger partial charge on any atom is 0.387 e. The minimum absolute atomic E-state index is 0.0351. The lowest BCUT2D eigenvalue weighted by atomic mass is 10.2. The SMILES string of the molecule is Cn1ncc(NC(=O)c2ccc(OC(F)F)cc2)c1C(=O)O. The van der Waals surface area contributed by atoms with E-state index >= 15 is 0 Å². The number of anilines is 1. The highest BCUT2D eigenvalue weighted by atomic mass is 19.3. The number of nitrogens with one attached hydrogen (secondary N) is 1. The van der Waals surface area contributed by atoms with Crippen LogP contribution in [0.25, 0.3) is 0 Å². The van der Waals surface area contributed by atoms with Crippen molar-refractivity contribution in [3.8, 4) is 5.75 Å². The highest BCUT2D eigenvalue weighted by Gasteiger charge is 2.18. The molecule has 116 valence electrons. The van der Waals surface area contributed by atoms with Crippen molar-refractivity contribution >= 4 is 17.6 Å². The molecule has 0 aliphatic rings. The maximum atomic E-state index is 12.0. The van der Waals surface area contributed by atoms with Crippen molar-refractivity contribution in [2.45, 2.75) is 6.61 Å². The second-order valence-electron chi connectivity index (χ2n) is 4.19. The van der Waals surface area contributed by atoms with Crippen LogP contribution in [0.5, 0.6) is 5.75 Å². The third-order valence-electron chi connectivity index (χ3n) is 2.73. The van der Waals surface area contributed by atoms with Crippen molar-refractivity contribution in [2.24, 2.45) is 7.05 Å². The van der Waals surface area contributed by atoms with E-state index in [-0.39, 0.29) is 22.7 Å². The first-order valence-electron chi connectivity index (χ1n) is 6.00. The van der Waals surface area contributed by atoms with Gasteiger partial charge in [0.2, 0.25) is 0 Å². The van der Waals surface area contributed by atoms with Crippen LogP contribution in [-0.2, 0) is 7.05 Å². The molecule has 1 heterocycles. The molecule has 0 radical (unpaired) electrons. The number of alkyl halides is 2. The molecule has 0 atom stereocenters. The van der Waals surface area contributed by atoms with Gasteiger partial charge in [-0.1, -0.05) is 0 Å². The molecule has 2 N–H and O–H groups in total. The fourth-order valence-corrected chi connectivity index (χ4v) is 1.76. The first-order chi connectivity index (χ1) is 10.4. The second-order valence-corrected chi connectivity index (χ2v) is 4.19. The number of aryl methyl sites for hydroxylation is 1. The number of carboxylic acid groups (broad SMARTS) is 1. The van der Waals surface area contributed by atoms with Crippen LogP contribution in [0, 0.1) is 0 Å². The zero-order chi connectivity index (χ0) is 16.3. The molecular formula is C13H11F2N3O4. The number of aromatic carboxylic acids is 1. The van der Waals surface area contributed by atoms with Gasteiger partial charge in [-0.05, 0) is 24.3 Å². The first kappa shape index (κ1) is 15.4. The Morgan fingerprint density at radius 2 is 1.95 bits per heavy atom. The van der Waals surface area contributed by atoms with Gasteiger partial charge in [-0.3, -0.25) is 9.48 Å². The van der Waals surface area contributed by atoms with Gasteiger partial charge in [0.1, 0.15) is 5.75 Å². The Labute approximate surface area is 123 Å². The van der Waals surface area contributed by atoms with E-state index in [1.807, 2.05) is 0 Å². The minimum Gasteiger partial charge on any atom is -0.476 e. The molecule has 0 saturated carbocycles. The molecule has 0 fully saturated rings. The number of rotatable bonds is 5. The number of ether oxygens (including phenoxy) is 1. The number of carbonyl (C=O) groups excluding carboxylic acids is 1. The van der Waals surface area contributed by atoms with Crippen LogP contribution in [-0.4, -0.2) is 33.4 Å². The Kier molecular flexibility index (Phi) is 4.35. The molecule has 0 saturated heterocycles. The van der Waals surface area contributed by atoms with Gasteiger partial charge in [0.05, 0.1) is 11.9 Å². The number of carbonyl (C=O) groups is 2. The number of carboxylic acids is 1. The van der Waals surface area contributed by atoms with Gasteiger partial charge in [-0.25, -0.2) is 4.79 Å². The van der Waals surface area contributed by atoms with Crippen molar-refractivity contribution in [2.75, 3.05) is 5.32 Å². The molecule has 1 aromatic heterocycles. The number of halogens is 2. The van der Waals surface area contributed by atoms with E-state index < -0.39 is 18.5 Å². The van der Waals surface area contributed by atoms with Gasteiger partial charge in [0, 0.05) is 12.6 Å².